The molecule has 1 aliphatic heterocycles. The third-order valence-corrected chi connectivity index (χ3v) is 5.27. The zero-order valence-electron chi connectivity index (χ0n) is 16.4. The Labute approximate surface area is 166 Å². The summed E-state index contributed by atoms with van der Waals surface area (Å²) in [5.41, 5.74) is 1.98. The van der Waals surface area contributed by atoms with Crippen LogP contribution in [0.15, 0.2) is 23.1 Å². The van der Waals surface area contributed by atoms with Gasteiger partial charge in [0.05, 0.1) is 12.0 Å². The van der Waals surface area contributed by atoms with E-state index >= 15 is 0 Å². The molecule has 2 N–H and O–H groups in total. The Morgan fingerprint density at radius 2 is 1.64 bits per heavy atom. The highest BCUT2D eigenvalue weighted by molar-refractivity contribution is 7.85. The van der Waals surface area contributed by atoms with E-state index in [4.69, 9.17) is 9.66 Å². The van der Waals surface area contributed by atoms with Gasteiger partial charge in [-0.05, 0) is 30.5 Å². The lowest BCUT2D eigenvalue weighted by Gasteiger charge is -2.32. The number of carboxylic acid groups (broad SMARTS) is 1. The number of hydrogen-bond acceptors (Lipinski definition) is 6. The maximum absolute atomic E-state index is 10.8. The van der Waals surface area contributed by atoms with E-state index in [0.29, 0.717) is 6.42 Å². The molecule has 0 spiro atoms. The van der Waals surface area contributed by atoms with Crippen molar-refractivity contribution in [3.8, 4) is 0 Å². The Hall–Kier alpha value is -2.13. The van der Waals surface area contributed by atoms with Gasteiger partial charge in [0.25, 0.3) is 10.1 Å². The fraction of sp³-hybridized carbons (Fsp3) is 0.579. The van der Waals surface area contributed by atoms with Gasteiger partial charge in [0.1, 0.15) is 0 Å². The maximum Gasteiger partial charge on any atom is 0.305 e. The van der Waals surface area contributed by atoms with Gasteiger partial charge in [-0.1, -0.05) is 31.7 Å². The fourth-order valence-corrected chi connectivity index (χ4v) is 3.30. The molecule has 0 radical (unpaired) electrons. The lowest BCUT2D eigenvalue weighted by Crippen LogP contribution is -2.27. The third-order valence-electron chi connectivity index (χ3n) is 4.42. The van der Waals surface area contributed by atoms with Crippen LogP contribution in [0.3, 0.4) is 0 Å². The van der Waals surface area contributed by atoms with Crippen molar-refractivity contribution in [2.75, 3.05) is 19.1 Å². The number of hydrogen-bond donors (Lipinski definition) is 2. The van der Waals surface area contributed by atoms with Crippen LogP contribution in [-0.2, 0) is 31.0 Å². The highest BCUT2D eigenvalue weighted by Gasteiger charge is 2.21. The zero-order chi connectivity index (χ0) is 21.2. The van der Waals surface area contributed by atoms with Crippen molar-refractivity contribution in [3.63, 3.8) is 0 Å². The molecular formula is C19H29NO7S. The summed E-state index contributed by atoms with van der Waals surface area (Å²) in [7, 11) is -0.790. The second-order valence-electron chi connectivity index (χ2n) is 6.71. The van der Waals surface area contributed by atoms with E-state index in [1.807, 2.05) is 11.9 Å². The molecule has 9 heteroatoms. The van der Waals surface area contributed by atoms with E-state index in [-0.39, 0.29) is 17.3 Å². The normalized spacial score (nSPS) is 12.3. The van der Waals surface area contributed by atoms with Crippen LogP contribution in [0.4, 0.5) is 5.69 Å². The Morgan fingerprint density at radius 3 is 2.14 bits per heavy atom. The van der Waals surface area contributed by atoms with Crippen molar-refractivity contribution < 1.29 is 32.4 Å². The summed E-state index contributed by atoms with van der Waals surface area (Å²) in [5.74, 6) is -0.874. The topological polar surface area (TPSA) is 121 Å². The van der Waals surface area contributed by atoms with Gasteiger partial charge in [-0.15, -0.1) is 0 Å². The number of rotatable bonds is 10. The van der Waals surface area contributed by atoms with Crippen molar-refractivity contribution >= 4 is 27.7 Å². The monoisotopic (exact) mass is 415 g/mol. The minimum atomic E-state index is -4.06. The van der Waals surface area contributed by atoms with Crippen molar-refractivity contribution in [2.45, 2.75) is 62.8 Å². The summed E-state index contributed by atoms with van der Waals surface area (Å²) >= 11 is 0. The number of carbonyl (C=O) groups excluding carboxylic acids is 1. The zero-order valence-corrected chi connectivity index (χ0v) is 17.2. The van der Waals surface area contributed by atoms with E-state index in [0.717, 1.165) is 56.3 Å². The molecule has 0 unspecified atom stereocenters. The molecule has 1 aliphatic rings. The number of carbonyl (C=O) groups is 2. The summed E-state index contributed by atoms with van der Waals surface area (Å²) in [4.78, 5) is 22.8. The number of esters is 1. The molecular weight excluding hydrogens is 386 g/mol. The first-order valence-corrected chi connectivity index (χ1v) is 10.7. The number of fused-ring (bicyclic) bond motifs is 1. The number of unbranched alkanes of at least 4 members (excludes halogenated alkanes) is 5. The average molecular weight is 416 g/mol. The molecule has 28 heavy (non-hydrogen) atoms. The molecule has 0 saturated heterocycles. The summed E-state index contributed by atoms with van der Waals surface area (Å²) in [6.45, 7) is 0.834. The molecule has 0 amide bonds. The number of anilines is 1. The van der Waals surface area contributed by atoms with Crippen LogP contribution in [0.1, 0.15) is 56.9 Å². The van der Waals surface area contributed by atoms with Gasteiger partial charge in [-0.2, -0.15) is 8.42 Å². The van der Waals surface area contributed by atoms with E-state index in [1.165, 1.54) is 19.2 Å². The Kier molecular flexibility index (Phi) is 9.95. The summed E-state index contributed by atoms with van der Waals surface area (Å²) in [6.07, 6.45) is 6.48. The molecule has 0 aromatic heterocycles. The first-order valence-electron chi connectivity index (χ1n) is 9.25. The summed E-state index contributed by atoms with van der Waals surface area (Å²) < 4.78 is 34.8. The van der Waals surface area contributed by atoms with Gasteiger partial charge in [0.15, 0.2) is 0 Å². The van der Waals surface area contributed by atoms with E-state index in [1.54, 1.807) is 6.07 Å². The van der Waals surface area contributed by atoms with Gasteiger partial charge in [0, 0.05) is 32.1 Å². The lowest BCUT2D eigenvalue weighted by molar-refractivity contribution is -0.141. The van der Waals surface area contributed by atoms with Crippen molar-refractivity contribution in [3.05, 3.63) is 23.8 Å². The molecule has 0 bridgehead atoms. The Bertz CT molecular complexity index is 762. The van der Waals surface area contributed by atoms with Crippen molar-refractivity contribution in [1.82, 2.24) is 0 Å². The van der Waals surface area contributed by atoms with Crippen molar-refractivity contribution in [1.29, 1.82) is 0 Å². The number of carboxylic acids is 1. The van der Waals surface area contributed by atoms with Crippen LogP contribution in [0.25, 0.3) is 0 Å². The van der Waals surface area contributed by atoms with Gasteiger partial charge >= 0.3 is 11.9 Å². The third kappa shape index (κ3) is 8.71. The van der Waals surface area contributed by atoms with Gasteiger partial charge in [-0.3, -0.25) is 14.1 Å². The number of ether oxygens (including phenoxy) is 1. The molecule has 8 nitrogen and oxygen atoms in total. The van der Waals surface area contributed by atoms with Crippen LogP contribution in [0.2, 0.25) is 0 Å². The molecule has 0 atom stereocenters. The summed E-state index contributed by atoms with van der Waals surface area (Å²) in [6, 6.07) is 4.62. The van der Waals surface area contributed by atoms with Crippen LogP contribution in [-0.4, -0.2) is 44.2 Å². The standard InChI is InChI=1S/C11H20O4.C8H9NO3S/c1-15-11(14)9-7-5-3-2-4-6-8-10(12)13;1-9-5-6-2-3-7(4-8(6)9)13(10,11)12/h2-9H2,1H3,(H,12,13);2-4H,5H2,1H3,(H,10,11,12). The highest BCUT2D eigenvalue weighted by atomic mass is 32.2. The van der Waals surface area contributed by atoms with Crippen LogP contribution in [0, 0.1) is 0 Å². The van der Waals surface area contributed by atoms with Gasteiger partial charge < -0.3 is 14.7 Å². The molecule has 1 aromatic rings. The van der Waals surface area contributed by atoms with E-state index in [2.05, 4.69) is 4.74 Å². The molecule has 1 heterocycles. The molecule has 158 valence electrons. The predicted molar refractivity (Wildman–Crippen MR) is 105 cm³/mol. The molecule has 0 fully saturated rings. The lowest BCUT2D eigenvalue weighted by atomic mass is 10.1. The number of aliphatic carboxylic acids is 1. The molecule has 2 rings (SSSR count). The largest absolute Gasteiger partial charge is 0.481 e. The molecule has 1 aromatic carbocycles. The average Bonchev–Trinajstić information content (AvgIpc) is 2.62. The quantitative estimate of drug-likeness (QED) is 0.339. The van der Waals surface area contributed by atoms with Crippen LogP contribution in [0.5, 0.6) is 0 Å². The fourth-order valence-electron chi connectivity index (χ4n) is 2.80. The van der Waals surface area contributed by atoms with Crippen LogP contribution < -0.4 is 4.90 Å². The predicted octanol–water partition coefficient (Wildman–Crippen LogP) is 3.25. The SMILES string of the molecule is CN1Cc2ccc(S(=O)(=O)O)cc21.COC(=O)CCCCCCCCC(=O)O. The van der Waals surface area contributed by atoms with E-state index in [9.17, 15) is 18.0 Å². The van der Waals surface area contributed by atoms with Gasteiger partial charge in [-0.25, -0.2) is 0 Å². The minimum absolute atomic E-state index is 0.0437. The highest BCUT2D eigenvalue weighted by Crippen LogP contribution is 2.32. The smallest absolute Gasteiger partial charge is 0.305 e. The van der Waals surface area contributed by atoms with Crippen LogP contribution >= 0.6 is 0 Å². The number of methoxy groups -OCH3 is 1. The first kappa shape index (κ1) is 23.9. The summed E-state index contributed by atoms with van der Waals surface area (Å²) in [5, 5.41) is 8.39. The number of benzene rings is 1. The maximum atomic E-state index is 10.8. The minimum Gasteiger partial charge on any atom is -0.481 e. The van der Waals surface area contributed by atoms with Gasteiger partial charge in [0.2, 0.25) is 0 Å². The second-order valence-corrected chi connectivity index (χ2v) is 8.13. The second kappa shape index (κ2) is 11.7. The first-order chi connectivity index (χ1) is 13.1. The van der Waals surface area contributed by atoms with Crippen molar-refractivity contribution in [2.24, 2.45) is 0 Å². The van der Waals surface area contributed by atoms with E-state index < -0.39 is 16.1 Å². The molecule has 0 aliphatic carbocycles. The number of nitrogens with zero attached hydrogens (tertiary/aromatic N) is 1. The Balaban J connectivity index is 0.000000281. The molecule has 0 saturated carbocycles. The Morgan fingerprint density at radius 1 is 1.07 bits per heavy atom.